The molecule has 2 aromatic carbocycles. The standard InChI is InChI=1S/C27H27FN4O5/c1-2-30-16-20(27(36)37)24(33)19-14-21(28)23(15-22(19)30)31-12-10-29(11-13-31)8-5-9-32-25(34)17-6-3-4-7-18(17)26(32)35/h3-4,6-7,14-16H,2,5,8-13H2,1H3,(H,36,37). The molecule has 37 heavy (non-hydrogen) atoms. The first-order valence-electron chi connectivity index (χ1n) is 12.3. The van der Waals surface area contributed by atoms with Gasteiger partial charge >= 0.3 is 5.97 Å². The lowest BCUT2D eigenvalue weighted by Crippen LogP contribution is -2.47. The predicted molar refractivity (Wildman–Crippen MR) is 136 cm³/mol. The molecule has 3 heterocycles. The Hall–Kier alpha value is -4.05. The number of halogens is 1. The number of aryl methyl sites for hydroxylation is 1. The fraction of sp³-hybridized carbons (Fsp3) is 0.333. The number of fused-ring (bicyclic) bond motifs is 2. The van der Waals surface area contributed by atoms with E-state index in [4.69, 9.17) is 0 Å². The zero-order chi connectivity index (χ0) is 26.3. The average Bonchev–Trinajstić information content (AvgIpc) is 3.14. The number of piperazine rings is 1. The van der Waals surface area contributed by atoms with Gasteiger partial charge in [-0.3, -0.25) is 24.2 Å². The molecular weight excluding hydrogens is 479 g/mol. The van der Waals surface area contributed by atoms with Gasteiger partial charge < -0.3 is 14.6 Å². The first kappa shape index (κ1) is 24.6. The first-order valence-corrected chi connectivity index (χ1v) is 12.3. The monoisotopic (exact) mass is 506 g/mol. The van der Waals surface area contributed by atoms with E-state index in [1.54, 1.807) is 34.9 Å². The third-order valence-corrected chi connectivity index (χ3v) is 7.17. The van der Waals surface area contributed by atoms with Crippen LogP contribution < -0.4 is 10.3 Å². The summed E-state index contributed by atoms with van der Waals surface area (Å²) in [6, 6.07) is 9.61. The van der Waals surface area contributed by atoms with Gasteiger partial charge in [0.05, 0.1) is 22.3 Å². The highest BCUT2D eigenvalue weighted by molar-refractivity contribution is 6.21. The molecule has 0 bridgehead atoms. The summed E-state index contributed by atoms with van der Waals surface area (Å²) in [5, 5.41) is 9.38. The van der Waals surface area contributed by atoms with Crippen molar-refractivity contribution in [2.45, 2.75) is 19.9 Å². The lowest BCUT2D eigenvalue weighted by atomic mass is 10.1. The molecule has 1 aromatic heterocycles. The summed E-state index contributed by atoms with van der Waals surface area (Å²) in [6.07, 6.45) is 1.95. The van der Waals surface area contributed by atoms with Crippen LogP contribution in [-0.4, -0.2) is 76.5 Å². The quantitative estimate of drug-likeness (QED) is 0.492. The van der Waals surface area contributed by atoms with Gasteiger partial charge in [-0.1, -0.05) is 12.1 Å². The Morgan fingerprint density at radius 3 is 2.22 bits per heavy atom. The number of aromatic nitrogens is 1. The number of pyridine rings is 1. The van der Waals surface area contributed by atoms with E-state index in [2.05, 4.69) is 4.90 Å². The molecule has 2 aliphatic heterocycles. The van der Waals surface area contributed by atoms with Crippen molar-refractivity contribution >= 4 is 34.4 Å². The van der Waals surface area contributed by atoms with Gasteiger partial charge in [0, 0.05) is 50.9 Å². The van der Waals surface area contributed by atoms with Crippen LogP contribution in [0.15, 0.2) is 47.4 Å². The van der Waals surface area contributed by atoms with Crippen molar-refractivity contribution in [1.29, 1.82) is 0 Å². The summed E-state index contributed by atoms with van der Waals surface area (Å²) in [4.78, 5) is 54.5. The van der Waals surface area contributed by atoms with Gasteiger partial charge in [-0.25, -0.2) is 9.18 Å². The summed E-state index contributed by atoms with van der Waals surface area (Å²) in [6.45, 7) is 5.81. The topological polar surface area (TPSA) is 103 Å². The van der Waals surface area contributed by atoms with Crippen molar-refractivity contribution < 1.29 is 23.9 Å². The number of aromatic carboxylic acids is 1. The summed E-state index contributed by atoms with van der Waals surface area (Å²) in [7, 11) is 0. The minimum Gasteiger partial charge on any atom is -0.477 e. The van der Waals surface area contributed by atoms with E-state index in [0.29, 0.717) is 74.6 Å². The molecule has 10 heteroatoms. The van der Waals surface area contributed by atoms with Gasteiger partial charge in [0.25, 0.3) is 11.8 Å². The lowest BCUT2D eigenvalue weighted by Gasteiger charge is -2.36. The third-order valence-electron chi connectivity index (χ3n) is 7.17. The number of carbonyl (C=O) groups is 3. The number of imide groups is 1. The number of carboxylic acid groups (broad SMARTS) is 1. The van der Waals surface area contributed by atoms with Crippen LogP contribution in [0, 0.1) is 5.82 Å². The fourth-order valence-corrected chi connectivity index (χ4v) is 5.16. The van der Waals surface area contributed by atoms with E-state index in [9.17, 15) is 24.3 Å². The maximum atomic E-state index is 15.1. The second kappa shape index (κ2) is 9.78. The largest absolute Gasteiger partial charge is 0.477 e. The van der Waals surface area contributed by atoms with Crippen LogP contribution in [0.25, 0.3) is 10.9 Å². The number of carbonyl (C=O) groups excluding carboxylic acids is 2. The minimum atomic E-state index is -1.34. The number of carboxylic acids is 1. The number of nitrogens with zero attached hydrogens (tertiary/aromatic N) is 4. The summed E-state index contributed by atoms with van der Waals surface area (Å²) >= 11 is 0. The molecule has 192 valence electrons. The fourth-order valence-electron chi connectivity index (χ4n) is 5.16. The van der Waals surface area contributed by atoms with Crippen LogP contribution in [-0.2, 0) is 6.54 Å². The summed E-state index contributed by atoms with van der Waals surface area (Å²) in [5.41, 5.74) is 0.703. The molecule has 0 unspecified atom stereocenters. The minimum absolute atomic E-state index is 0.0507. The van der Waals surface area contributed by atoms with Crippen molar-refractivity contribution in [3.05, 3.63) is 75.3 Å². The zero-order valence-electron chi connectivity index (χ0n) is 20.4. The van der Waals surface area contributed by atoms with Crippen LogP contribution in [0.1, 0.15) is 44.4 Å². The summed E-state index contributed by atoms with van der Waals surface area (Å²) < 4.78 is 16.7. The molecule has 0 radical (unpaired) electrons. The van der Waals surface area contributed by atoms with Crippen molar-refractivity contribution in [3.8, 4) is 0 Å². The van der Waals surface area contributed by atoms with Crippen LogP contribution in [0.4, 0.5) is 10.1 Å². The highest BCUT2D eigenvalue weighted by Crippen LogP contribution is 2.27. The SMILES string of the molecule is CCn1cc(C(=O)O)c(=O)c2cc(F)c(N3CCN(CCCN4C(=O)c5ccccc5C4=O)CC3)cc21. The number of benzene rings is 2. The molecule has 2 amide bonds. The lowest BCUT2D eigenvalue weighted by molar-refractivity contribution is 0.0643. The smallest absolute Gasteiger partial charge is 0.341 e. The Morgan fingerprint density at radius 2 is 1.62 bits per heavy atom. The maximum absolute atomic E-state index is 15.1. The first-order chi connectivity index (χ1) is 17.8. The van der Waals surface area contributed by atoms with Gasteiger partial charge in [-0.15, -0.1) is 0 Å². The molecule has 0 saturated carbocycles. The van der Waals surface area contributed by atoms with Crippen molar-refractivity contribution in [2.24, 2.45) is 0 Å². The van der Waals surface area contributed by atoms with Crippen molar-refractivity contribution in [3.63, 3.8) is 0 Å². The Bertz CT molecular complexity index is 1440. The van der Waals surface area contributed by atoms with Crippen LogP contribution in [0.5, 0.6) is 0 Å². The molecule has 1 fully saturated rings. The molecule has 3 aromatic rings. The van der Waals surface area contributed by atoms with Gasteiger partial charge in [0.15, 0.2) is 0 Å². The normalized spacial score (nSPS) is 16.1. The van der Waals surface area contributed by atoms with Gasteiger partial charge in [0.1, 0.15) is 11.4 Å². The molecule has 9 nitrogen and oxygen atoms in total. The van der Waals surface area contributed by atoms with Crippen LogP contribution in [0.2, 0.25) is 0 Å². The van der Waals surface area contributed by atoms with Gasteiger partial charge in [-0.05, 0) is 44.2 Å². The predicted octanol–water partition coefficient (Wildman–Crippen LogP) is 2.67. The van der Waals surface area contributed by atoms with Crippen LogP contribution >= 0.6 is 0 Å². The molecule has 2 aliphatic rings. The van der Waals surface area contributed by atoms with E-state index in [1.807, 2.05) is 11.8 Å². The molecule has 0 aliphatic carbocycles. The second-order valence-corrected chi connectivity index (χ2v) is 9.27. The molecule has 0 atom stereocenters. The maximum Gasteiger partial charge on any atom is 0.341 e. The summed E-state index contributed by atoms with van der Waals surface area (Å²) in [5.74, 6) is -2.40. The van der Waals surface area contributed by atoms with Crippen LogP contribution in [0.3, 0.4) is 0 Å². The van der Waals surface area contributed by atoms with Gasteiger partial charge in [0.2, 0.25) is 5.43 Å². The highest BCUT2D eigenvalue weighted by Gasteiger charge is 2.34. The van der Waals surface area contributed by atoms with Gasteiger partial charge in [-0.2, -0.15) is 0 Å². The average molecular weight is 507 g/mol. The molecule has 5 rings (SSSR count). The van der Waals surface area contributed by atoms with E-state index in [1.165, 1.54) is 11.1 Å². The number of hydrogen-bond acceptors (Lipinski definition) is 6. The van der Waals surface area contributed by atoms with Crippen molar-refractivity contribution in [2.75, 3.05) is 44.2 Å². The Labute approximate surface area is 212 Å². The number of rotatable bonds is 7. The van der Waals surface area contributed by atoms with E-state index < -0.39 is 17.2 Å². The Balaban J connectivity index is 1.23. The molecular formula is C27H27FN4O5. The Morgan fingerprint density at radius 1 is 0.973 bits per heavy atom. The number of anilines is 1. The van der Waals surface area contributed by atoms with E-state index in [-0.39, 0.29) is 22.8 Å². The number of hydrogen-bond donors (Lipinski definition) is 1. The molecule has 0 spiro atoms. The highest BCUT2D eigenvalue weighted by atomic mass is 19.1. The van der Waals surface area contributed by atoms with Crippen molar-refractivity contribution in [1.82, 2.24) is 14.4 Å². The third kappa shape index (κ3) is 4.37. The second-order valence-electron chi connectivity index (χ2n) is 9.27. The zero-order valence-corrected chi connectivity index (χ0v) is 20.4. The Kier molecular flexibility index (Phi) is 6.51. The number of amides is 2. The van der Waals surface area contributed by atoms with E-state index >= 15 is 4.39 Å². The van der Waals surface area contributed by atoms with E-state index in [0.717, 1.165) is 6.07 Å². The molecule has 1 N–H and O–H groups in total. The molecule has 1 saturated heterocycles.